The standard InChI is InChI=1S/C27H18BrClN2O3/c28-17-7-11-19(12-8-17)31-26(33)21-22(27(31)34)24(25(32)16-5-9-18(29)10-6-16)30-14-13-15-3-1-2-4-20(15)23(21)30/h1-14,21-24H/t21-,22+,23?,24-/m1/s1. The first-order valence-electron chi connectivity index (χ1n) is 10.9. The number of imide groups is 1. The molecule has 0 radical (unpaired) electrons. The van der Waals surface area contributed by atoms with Gasteiger partial charge in [0.2, 0.25) is 11.8 Å². The molecule has 0 bridgehead atoms. The third-order valence-electron chi connectivity index (χ3n) is 6.94. The Bertz CT molecular complexity index is 1370. The van der Waals surface area contributed by atoms with Crippen molar-refractivity contribution in [3.8, 4) is 0 Å². The number of carbonyl (C=O) groups is 3. The molecule has 3 aromatic rings. The van der Waals surface area contributed by atoms with Crippen LogP contribution in [0.25, 0.3) is 6.08 Å². The molecule has 0 aliphatic carbocycles. The van der Waals surface area contributed by atoms with Gasteiger partial charge in [0.1, 0.15) is 6.04 Å². The number of halogens is 2. The van der Waals surface area contributed by atoms with Gasteiger partial charge in [-0.2, -0.15) is 0 Å². The van der Waals surface area contributed by atoms with Gasteiger partial charge in [0.05, 0.1) is 23.6 Å². The highest BCUT2D eigenvalue weighted by Gasteiger charge is 2.64. The van der Waals surface area contributed by atoms with E-state index in [1.165, 1.54) is 4.90 Å². The second kappa shape index (κ2) is 7.93. The molecule has 7 heteroatoms. The molecule has 34 heavy (non-hydrogen) atoms. The summed E-state index contributed by atoms with van der Waals surface area (Å²) in [5.41, 5.74) is 2.91. The minimum absolute atomic E-state index is 0.197. The Kier molecular flexibility index (Phi) is 4.97. The van der Waals surface area contributed by atoms with E-state index in [0.29, 0.717) is 16.3 Å². The van der Waals surface area contributed by atoms with Crippen LogP contribution in [0.1, 0.15) is 27.5 Å². The molecule has 0 spiro atoms. The summed E-state index contributed by atoms with van der Waals surface area (Å²) in [4.78, 5) is 44.6. The minimum Gasteiger partial charge on any atom is -0.358 e. The zero-order chi connectivity index (χ0) is 23.6. The molecule has 6 rings (SSSR count). The Labute approximate surface area is 209 Å². The Balaban J connectivity index is 1.49. The van der Waals surface area contributed by atoms with Crippen molar-refractivity contribution in [3.05, 3.63) is 105 Å². The van der Waals surface area contributed by atoms with Crippen molar-refractivity contribution < 1.29 is 14.4 Å². The lowest BCUT2D eigenvalue weighted by molar-refractivity contribution is -0.123. The molecular weight excluding hydrogens is 516 g/mol. The highest BCUT2D eigenvalue weighted by atomic mass is 79.9. The third-order valence-corrected chi connectivity index (χ3v) is 7.72. The smallest absolute Gasteiger partial charge is 0.240 e. The third kappa shape index (κ3) is 3.09. The van der Waals surface area contributed by atoms with Gasteiger partial charge in [-0.3, -0.25) is 14.4 Å². The topological polar surface area (TPSA) is 57.7 Å². The number of carbonyl (C=O) groups excluding carboxylic acids is 3. The van der Waals surface area contributed by atoms with E-state index in [1.807, 2.05) is 41.4 Å². The van der Waals surface area contributed by atoms with Crippen LogP contribution < -0.4 is 4.90 Å². The first-order chi connectivity index (χ1) is 16.5. The molecule has 4 atom stereocenters. The van der Waals surface area contributed by atoms with E-state index in [9.17, 15) is 14.4 Å². The minimum atomic E-state index is -0.794. The monoisotopic (exact) mass is 532 g/mol. The lowest BCUT2D eigenvalue weighted by atomic mass is 9.83. The molecule has 2 amide bonds. The summed E-state index contributed by atoms with van der Waals surface area (Å²) in [7, 11) is 0. The largest absolute Gasteiger partial charge is 0.358 e. The first kappa shape index (κ1) is 21.3. The van der Waals surface area contributed by atoms with E-state index >= 15 is 0 Å². The molecule has 2 fully saturated rings. The van der Waals surface area contributed by atoms with Crippen LogP contribution in [0.3, 0.4) is 0 Å². The summed E-state index contributed by atoms with van der Waals surface area (Å²) in [6.07, 6.45) is 3.80. The zero-order valence-electron chi connectivity index (χ0n) is 17.8. The second-order valence-corrected chi connectivity index (χ2v) is 10.0. The normalized spacial score (nSPS) is 24.8. The van der Waals surface area contributed by atoms with Crippen LogP contribution in [0, 0.1) is 11.8 Å². The maximum Gasteiger partial charge on any atom is 0.240 e. The number of hydrogen-bond acceptors (Lipinski definition) is 4. The average molecular weight is 534 g/mol. The quantitative estimate of drug-likeness (QED) is 0.330. The molecule has 0 N–H and O–H groups in total. The Hall–Kier alpha value is -3.22. The Morgan fingerprint density at radius 2 is 1.53 bits per heavy atom. The number of fused-ring (bicyclic) bond motifs is 5. The van der Waals surface area contributed by atoms with Crippen molar-refractivity contribution in [1.82, 2.24) is 4.90 Å². The molecule has 0 aromatic heterocycles. The molecule has 3 heterocycles. The lowest BCUT2D eigenvalue weighted by Crippen LogP contribution is -2.44. The summed E-state index contributed by atoms with van der Waals surface area (Å²) < 4.78 is 0.851. The summed E-state index contributed by atoms with van der Waals surface area (Å²) in [5, 5.41) is 0.527. The van der Waals surface area contributed by atoms with Crippen molar-refractivity contribution in [2.45, 2.75) is 12.1 Å². The SMILES string of the molecule is O=C(c1ccc(Cl)cc1)[C@H]1[C@H]2C(=O)N(c3ccc(Br)cc3)C(=O)[C@H]2C2c3ccccc3C=CN21. The maximum atomic E-state index is 13.8. The van der Waals surface area contributed by atoms with E-state index in [0.717, 1.165) is 15.6 Å². The van der Waals surface area contributed by atoms with Gasteiger partial charge in [0.15, 0.2) is 5.78 Å². The van der Waals surface area contributed by atoms with E-state index in [-0.39, 0.29) is 17.6 Å². The second-order valence-electron chi connectivity index (χ2n) is 8.69. The molecule has 2 saturated heterocycles. The summed E-state index contributed by atoms with van der Waals surface area (Å²) >= 11 is 9.43. The van der Waals surface area contributed by atoms with Gasteiger partial charge in [-0.1, -0.05) is 51.8 Å². The molecule has 1 unspecified atom stereocenters. The van der Waals surface area contributed by atoms with Crippen LogP contribution in [-0.4, -0.2) is 28.5 Å². The first-order valence-corrected chi connectivity index (χ1v) is 12.1. The molecule has 168 valence electrons. The number of ketones is 1. The summed E-state index contributed by atoms with van der Waals surface area (Å²) in [6, 6.07) is 20.4. The van der Waals surface area contributed by atoms with Gasteiger partial charge in [0.25, 0.3) is 0 Å². The van der Waals surface area contributed by atoms with Gasteiger partial charge in [-0.25, -0.2) is 4.90 Å². The van der Waals surface area contributed by atoms with Crippen LogP contribution in [0.5, 0.6) is 0 Å². The van der Waals surface area contributed by atoms with E-state index in [4.69, 9.17) is 11.6 Å². The van der Waals surface area contributed by atoms with Crippen molar-refractivity contribution >= 4 is 56.9 Å². The van der Waals surface area contributed by atoms with E-state index in [1.54, 1.807) is 48.5 Å². The van der Waals surface area contributed by atoms with Crippen molar-refractivity contribution in [1.29, 1.82) is 0 Å². The number of anilines is 1. The lowest BCUT2D eigenvalue weighted by Gasteiger charge is -2.35. The number of hydrogen-bond donors (Lipinski definition) is 0. The molecule has 3 aliphatic rings. The number of amides is 2. The Morgan fingerprint density at radius 3 is 2.26 bits per heavy atom. The summed E-state index contributed by atoms with van der Waals surface area (Å²) in [6.45, 7) is 0. The van der Waals surface area contributed by atoms with E-state index < -0.39 is 23.9 Å². The predicted octanol–water partition coefficient (Wildman–Crippen LogP) is 5.50. The van der Waals surface area contributed by atoms with Crippen LogP contribution in [-0.2, 0) is 9.59 Å². The Morgan fingerprint density at radius 1 is 0.853 bits per heavy atom. The predicted molar refractivity (Wildman–Crippen MR) is 133 cm³/mol. The van der Waals surface area contributed by atoms with Crippen LogP contribution in [0.2, 0.25) is 5.02 Å². The van der Waals surface area contributed by atoms with Crippen LogP contribution in [0.15, 0.2) is 83.5 Å². The van der Waals surface area contributed by atoms with Crippen molar-refractivity contribution in [3.63, 3.8) is 0 Å². The van der Waals surface area contributed by atoms with Crippen molar-refractivity contribution in [2.24, 2.45) is 11.8 Å². The van der Waals surface area contributed by atoms with Gasteiger partial charge >= 0.3 is 0 Å². The summed E-state index contributed by atoms with van der Waals surface area (Å²) in [5.74, 6) is -2.27. The fourth-order valence-electron chi connectivity index (χ4n) is 5.49. The molecule has 5 nitrogen and oxygen atoms in total. The van der Waals surface area contributed by atoms with E-state index in [2.05, 4.69) is 15.9 Å². The van der Waals surface area contributed by atoms with Gasteiger partial charge < -0.3 is 4.90 Å². The van der Waals surface area contributed by atoms with Crippen LogP contribution in [0.4, 0.5) is 5.69 Å². The molecule has 3 aromatic carbocycles. The van der Waals surface area contributed by atoms with Gasteiger partial charge in [-0.15, -0.1) is 0 Å². The number of benzene rings is 3. The van der Waals surface area contributed by atoms with Gasteiger partial charge in [0, 0.05) is 21.3 Å². The zero-order valence-corrected chi connectivity index (χ0v) is 20.1. The van der Waals surface area contributed by atoms with Crippen molar-refractivity contribution in [2.75, 3.05) is 4.90 Å². The number of Topliss-reactive ketones (excluding diaryl/α,β-unsaturated/α-hetero) is 1. The average Bonchev–Trinajstić information content (AvgIpc) is 3.32. The number of nitrogens with zero attached hydrogens (tertiary/aromatic N) is 2. The molecule has 3 aliphatic heterocycles. The van der Waals surface area contributed by atoms with Crippen LogP contribution >= 0.6 is 27.5 Å². The fraction of sp³-hybridized carbons (Fsp3) is 0.148. The van der Waals surface area contributed by atoms with Gasteiger partial charge in [-0.05, 0) is 65.7 Å². The fourth-order valence-corrected chi connectivity index (χ4v) is 5.88. The molecular formula is C27H18BrClN2O3. The highest BCUT2D eigenvalue weighted by Crippen LogP contribution is 2.53. The number of rotatable bonds is 3. The molecule has 0 saturated carbocycles. The maximum absolute atomic E-state index is 13.8. The highest BCUT2D eigenvalue weighted by molar-refractivity contribution is 9.10.